The van der Waals surface area contributed by atoms with E-state index in [0.29, 0.717) is 6.42 Å². The van der Waals surface area contributed by atoms with E-state index in [1.54, 1.807) is 0 Å². The van der Waals surface area contributed by atoms with Gasteiger partial charge in [0.1, 0.15) is 0 Å². The number of unbranched alkanes of at least 4 members (excludes halogenated alkanes) is 2. The first kappa shape index (κ1) is 12.8. The van der Waals surface area contributed by atoms with E-state index in [-0.39, 0.29) is 26.2 Å². The summed E-state index contributed by atoms with van der Waals surface area (Å²) in [5, 5.41) is 0. The van der Waals surface area contributed by atoms with Crippen LogP contribution in [0.1, 0.15) is 24.8 Å². The molecule has 0 aliphatic rings. The molecule has 0 saturated heterocycles. The van der Waals surface area contributed by atoms with Crippen molar-refractivity contribution in [2.75, 3.05) is 0 Å². The van der Waals surface area contributed by atoms with Crippen molar-refractivity contribution in [1.29, 1.82) is 0 Å². The molecule has 1 aromatic carbocycles. The van der Waals surface area contributed by atoms with E-state index in [9.17, 15) is 4.79 Å². The van der Waals surface area contributed by atoms with Gasteiger partial charge in [-0.1, -0.05) is 43.2 Å². The van der Waals surface area contributed by atoms with Gasteiger partial charge in [0.25, 0.3) is 0 Å². The summed E-state index contributed by atoms with van der Waals surface area (Å²) in [5.74, 6) is 0. The predicted molar refractivity (Wildman–Crippen MR) is 49.7 cm³/mol. The van der Waals surface area contributed by atoms with Crippen LogP contribution >= 0.6 is 0 Å². The van der Waals surface area contributed by atoms with E-state index in [2.05, 4.69) is 12.1 Å². The molecule has 0 unspecified atom stereocenters. The van der Waals surface area contributed by atoms with Crippen LogP contribution in [0.25, 0.3) is 0 Å². The SMILES string of the molecule is O=[C-]CCCCc1ccccc1.[Zr]. The molecule has 0 heterocycles. The van der Waals surface area contributed by atoms with Gasteiger partial charge >= 0.3 is 0 Å². The first-order valence-electron chi connectivity index (χ1n) is 4.32. The molecule has 68 valence electrons. The molecular weight excluding hydrogens is 239 g/mol. The third-order valence-electron chi connectivity index (χ3n) is 1.84. The zero-order valence-electron chi connectivity index (χ0n) is 7.62. The van der Waals surface area contributed by atoms with Crippen LogP contribution in [-0.2, 0) is 37.4 Å². The van der Waals surface area contributed by atoms with Crippen molar-refractivity contribution in [3.8, 4) is 0 Å². The van der Waals surface area contributed by atoms with E-state index in [4.69, 9.17) is 0 Å². The fourth-order valence-electron chi connectivity index (χ4n) is 1.17. The van der Waals surface area contributed by atoms with Crippen LogP contribution in [0.2, 0.25) is 0 Å². The minimum Gasteiger partial charge on any atom is -0.542 e. The van der Waals surface area contributed by atoms with Crippen LogP contribution in [-0.4, -0.2) is 6.29 Å². The fourth-order valence-corrected chi connectivity index (χ4v) is 1.17. The largest absolute Gasteiger partial charge is 0.542 e. The zero-order valence-corrected chi connectivity index (χ0v) is 10.1. The second-order valence-electron chi connectivity index (χ2n) is 2.84. The fraction of sp³-hybridized carbons (Fsp3) is 0.364. The molecule has 0 N–H and O–H groups in total. The second-order valence-corrected chi connectivity index (χ2v) is 2.84. The Hall–Kier alpha value is -0.227. The second kappa shape index (κ2) is 8.37. The number of aryl methyl sites for hydroxylation is 1. The number of benzene rings is 1. The topological polar surface area (TPSA) is 17.1 Å². The summed E-state index contributed by atoms with van der Waals surface area (Å²) in [6.45, 7) is 0. The summed E-state index contributed by atoms with van der Waals surface area (Å²) in [6, 6.07) is 10.3. The Bertz CT molecular complexity index is 221. The van der Waals surface area contributed by atoms with Crippen LogP contribution in [0.4, 0.5) is 0 Å². The molecule has 13 heavy (non-hydrogen) atoms. The minimum absolute atomic E-state index is 0. The molecular formula is C11H13OZr-. The molecule has 0 aliphatic carbocycles. The quantitative estimate of drug-likeness (QED) is 0.581. The Morgan fingerprint density at radius 3 is 2.38 bits per heavy atom. The number of carbonyl (C=O) groups excluding carboxylic acids is 1. The molecule has 0 amide bonds. The van der Waals surface area contributed by atoms with Gasteiger partial charge in [-0.05, 0) is 12.0 Å². The molecule has 0 atom stereocenters. The maximum absolute atomic E-state index is 9.89. The summed E-state index contributed by atoms with van der Waals surface area (Å²) in [6.07, 6.45) is 5.59. The van der Waals surface area contributed by atoms with Crippen LogP contribution in [0.15, 0.2) is 30.3 Å². The van der Waals surface area contributed by atoms with E-state index in [1.165, 1.54) is 5.56 Å². The Balaban J connectivity index is 0.00000144. The van der Waals surface area contributed by atoms with Gasteiger partial charge in [-0.15, -0.1) is 0 Å². The molecule has 1 nitrogen and oxygen atoms in total. The van der Waals surface area contributed by atoms with Gasteiger partial charge in [0.15, 0.2) is 0 Å². The summed E-state index contributed by atoms with van der Waals surface area (Å²) in [4.78, 5) is 9.89. The van der Waals surface area contributed by atoms with Crippen LogP contribution in [0, 0.1) is 0 Å². The smallest absolute Gasteiger partial charge is 0 e. The van der Waals surface area contributed by atoms with Gasteiger partial charge in [0, 0.05) is 26.2 Å². The van der Waals surface area contributed by atoms with Gasteiger partial charge in [0.2, 0.25) is 0 Å². The maximum atomic E-state index is 9.89. The first-order valence-corrected chi connectivity index (χ1v) is 4.32. The molecule has 0 fully saturated rings. The predicted octanol–water partition coefficient (Wildman–Crippen LogP) is 2.51. The van der Waals surface area contributed by atoms with Crippen molar-refractivity contribution in [2.45, 2.75) is 25.7 Å². The standard InChI is InChI=1S/C11H13O.Zr/c12-10-6-2-5-9-11-7-3-1-4-8-11;/h1,3-4,7-8H,2,5-6,9H2;/q-1;. The van der Waals surface area contributed by atoms with Gasteiger partial charge in [-0.25, -0.2) is 0 Å². The number of rotatable bonds is 5. The Kier molecular flexibility index (Phi) is 8.23. The summed E-state index contributed by atoms with van der Waals surface area (Å²) < 4.78 is 0. The average Bonchev–Trinajstić information content (AvgIpc) is 2.14. The normalized spacial score (nSPS) is 8.92. The molecule has 2 heteroatoms. The average molecular weight is 252 g/mol. The monoisotopic (exact) mass is 251 g/mol. The van der Waals surface area contributed by atoms with Crippen LogP contribution < -0.4 is 0 Å². The zero-order chi connectivity index (χ0) is 8.65. The van der Waals surface area contributed by atoms with Crippen LogP contribution in [0.3, 0.4) is 0 Å². The molecule has 1 aromatic rings. The Morgan fingerprint density at radius 2 is 1.77 bits per heavy atom. The first-order chi connectivity index (χ1) is 5.93. The maximum Gasteiger partial charge on any atom is 0 e. The molecule has 0 saturated carbocycles. The van der Waals surface area contributed by atoms with Gasteiger partial charge in [-0.2, -0.15) is 6.42 Å². The van der Waals surface area contributed by atoms with Crippen molar-refractivity contribution >= 4 is 6.29 Å². The number of hydrogen-bond donors (Lipinski definition) is 0. The Morgan fingerprint density at radius 1 is 1.08 bits per heavy atom. The summed E-state index contributed by atoms with van der Waals surface area (Å²) >= 11 is 0. The van der Waals surface area contributed by atoms with Crippen molar-refractivity contribution < 1.29 is 31.0 Å². The summed E-state index contributed by atoms with van der Waals surface area (Å²) in [7, 11) is 0. The molecule has 0 aromatic heterocycles. The van der Waals surface area contributed by atoms with Gasteiger partial charge in [-0.3, -0.25) is 6.29 Å². The van der Waals surface area contributed by atoms with E-state index < -0.39 is 0 Å². The summed E-state index contributed by atoms with van der Waals surface area (Å²) in [5.41, 5.74) is 1.35. The van der Waals surface area contributed by atoms with E-state index in [0.717, 1.165) is 19.3 Å². The molecule has 0 radical (unpaired) electrons. The number of hydrogen-bond acceptors (Lipinski definition) is 1. The van der Waals surface area contributed by atoms with Crippen molar-refractivity contribution in [3.63, 3.8) is 0 Å². The third-order valence-corrected chi connectivity index (χ3v) is 1.84. The molecule has 0 aliphatic heterocycles. The van der Waals surface area contributed by atoms with Crippen molar-refractivity contribution in [1.82, 2.24) is 0 Å². The van der Waals surface area contributed by atoms with Gasteiger partial charge in [0.05, 0.1) is 0 Å². The van der Waals surface area contributed by atoms with Crippen molar-refractivity contribution in [2.24, 2.45) is 0 Å². The Labute approximate surface area is 98.7 Å². The van der Waals surface area contributed by atoms with Crippen LogP contribution in [0.5, 0.6) is 0 Å². The van der Waals surface area contributed by atoms with Gasteiger partial charge < -0.3 is 4.79 Å². The minimum atomic E-state index is 0. The molecule has 0 spiro atoms. The van der Waals surface area contributed by atoms with Crippen molar-refractivity contribution in [3.05, 3.63) is 35.9 Å². The molecule has 1 rings (SSSR count). The third kappa shape index (κ3) is 5.93. The molecule has 0 bridgehead atoms. The van der Waals surface area contributed by atoms with E-state index >= 15 is 0 Å². The van der Waals surface area contributed by atoms with E-state index in [1.807, 2.05) is 24.5 Å².